The molecule has 1 fully saturated rings. The fourth-order valence-electron chi connectivity index (χ4n) is 3.87. The average molecular weight is 444 g/mol. The van der Waals surface area contributed by atoms with Crippen molar-refractivity contribution in [3.05, 3.63) is 59.7 Å². The molecule has 0 aliphatic carbocycles. The Morgan fingerprint density at radius 1 is 1.09 bits per heavy atom. The van der Waals surface area contributed by atoms with Gasteiger partial charge in [-0.05, 0) is 57.0 Å². The van der Waals surface area contributed by atoms with Crippen LogP contribution < -0.4 is 10.2 Å². The first kappa shape index (κ1) is 21.8. The number of nitrogens with zero attached hydrogens (tertiary/aromatic N) is 5. The minimum atomic E-state index is -4.41. The molecule has 1 saturated heterocycles. The van der Waals surface area contributed by atoms with E-state index in [1.165, 1.54) is 18.5 Å². The van der Waals surface area contributed by atoms with Gasteiger partial charge in [0, 0.05) is 30.5 Å². The number of hydrogen-bond acceptors (Lipinski definition) is 5. The standard InChI is InChI=1S/C22H23F3N6O/c1-14-10-15(2)31(29-14)20-11-19(26-13-27-20)30-9-3-4-16(12-30)21(32)28-18-7-5-17(6-8-18)22(23,24)25/h5-8,10-11,13,16H,3-4,9,12H2,1-2H3,(H,28,32). The van der Waals surface area contributed by atoms with Gasteiger partial charge in [0.1, 0.15) is 12.1 Å². The number of hydrogen-bond donors (Lipinski definition) is 1. The van der Waals surface area contributed by atoms with Crippen LogP contribution in [0.1, 0.15) is 29.8 Å². The van der Waals surface area contributed by atoms with Crippen LogP contribution in [0, 0.1) is 19.8 Å². The van der Waals surface area contributed by atoms with Gasteiger partial charge in [0.2, 0.25) is 5.91 Å². The lowest BCUT2D eigenvalue weighted by Gasteiger charge is -2.33. The molecule has 7 nitrogen and oxygen atoms in total. The summed E-state index contributed by atoms with van der Waals surface area (Å²) in [7, 11) is 0. The number of piperidine rings is 1. The van der Waals surface area contributed by atoms with Crippen molar-refractivity contribution in [2.45, 2.75) is 32.9 Å². The van der Waals surface area contributed by atoms with Gasteiger partial charge >= 0.3 is 6.18 Å². The first-order valence-corrected chi connectivity index (χ1v) is 10.3. The highest BCUT2D eigenvalue weighted by atomic mass is 19.4. The van der Waals surface area contributed by atoms with Crippen molar-refractivity contribution in [2.75, 3.05) is 23.3 Å². The normalized spacial score (nSPS) is 16.8. The minimum absolute atomic E-state index is 0.220. The number of carbonyl (C=O) groups is 1. The van der Waals surface area contributed by atoms with E-state index in [4.69, 9.17) is 0 Å². The molecule has 0 bridgehead atoms. The number of carbonyl (C=O) groups excluding carboxylic acids is 1. The van der Waals surface area contributed by atoms with Gasteiger partial charge in [0.25, 0.3) is 0 Å². The highest BCUT2D eigenvalue weighted by Crippen LogP contribution is 2.30. The SMILES string of the molecule is Cc1cc(C)n(-c2cc(N3CCCC(C(=O)Nc4ccc(C(F)(F)F)cc4)C3)ncn2)n1. The van der Waals surface area contributed by atoms with E-state index >= 15 is 0 Å². The highest BCUT2D eigenvalue weighted by molar-refractivity contribution is 5.93. The van der Waals surface area contributed by atoms with Crippen LogP contribution in [0.3, 0.4) is 0 Å². The van der Waals surface area contributed by atoms with Gasteiger partial charge in [-0.3, -0.25) is 4.79 Å². The summed E-state index contributed by atoms with van der Waals surface area (Å²) in [5.41, 5.74) is 1.44. The summed E-state index contributed by atoms with van der Waals surface area (Å²) in [6.45, 7) is 5.07. The molecular weight excluding hydrogens is 421 g/mol. The Labute approximate surface area is 183 Å². The van der Waals surface area contributed by atoms with E-state index < -0.39 is 11.7 Å². The monoisotopic (exact) mass is 444 g/mol. The molecule has 10 heteroatoms. The summed E-state index contributed by atoms with van der Waals surface area (Å²) in [6.07, 6.45) is -1.44. The highest BCUT2D eigenvalue weighted by Gasteiger charge is 2.30. The molecule has 2 aromatic heterocycles. The fraction of sp³-hybridized carbons (Fsp3) is 0.364. The summed E-state index contributed by atoms with van der Waals surface area (Å²) in [5.74, 6) is 0.826. The van der Waals surface area contributed by atoms with Crippen molar-refractivity contribution >= 4 is 17.4 Å². The van der Waals surface area contributed by atoms with Crippen LogP contribution >= 0.6 is 0 Å². The molecule has 0 spiro atoms. The van der Waals surface area contributed by atoms with Gasteiger partial charge in [-0.2, -0.15) is 18.3 Å². The molecule has 1 aromatic carbocycles. The van der Waals surface area contributed by atoms with Gasteiger partial charge in [0.05, 0.1) is 17.2 Å². The van der Waals surface area contributed by atoms with Crippen molar-refractivity contribution in [3.63, 3.8) is 0 Å². The van der Waals surface area contributed by atoms with Crippen molar-refractivity contribution in [2.24, 2.45) is 5.92 Å². The molecule has 0 saturated carbocycles. The van der Waals surface area contributed by atoms with Crippen molar-refractivity contribution in [1.82, 2.24) is 19.7 Å². The molecule has 1 N–H and O–H groups in total. The minimum Gasteiger partial charge on any atom is -0.356 e. The molecule has 1 atom stereocenters. The first-order chi connectivity index (χ1) is 15.2. The topological polar surface area (TPSA) is 75.9 Å². The Hall–Kier alpha value is -3.43. The van der Waals surface area contributed by atoms with E-state index in [0.29, 0.717) is 30.3 Å². The molecule has 168 valence electrons. The third-order valence-corrected chi connectivity index (χ3v) is 5.46. The lowest BCUT2D eigenvalue weighted by atomic mass is 9.97. The lowest BCUT2D eigenvalue weighted by Crippen LogP contribution is -2.41. The van der Waals surface area contributed by atoms with Crippen LogP contribution in [0.4, 0.5) is 24.7 Å². The van der Waals surface area contributed by atoms with Gasteiger partial charge < -0.3 is 10.2 Å². The van der Waals surface area contributed by atoms with Crippen LogP contribution in [0.5, 0.6) is 0 Å². The zero-order valence-corrected chi connectivity index (χ0v) is 17.7. The van der Waals surface area contributed by atoms with Gasteiger partial charge in [-0.25, -0.2) is 14.6 Å². The number of amides is 1. The predicted octanol–water partition coefficient (Wildman–Crippen LogP) is 4.15. The third-order valence-electron chi connectivity index (χ3n) is 5.46. The van der Waals surface area contributed by atoms with E-state index in [1.807, 2.05) is 30.9 Å². The van der Waals surface area contributed by atoms with Crippen LogP contribution in [0.25, 0.3) is 5.82 Å². The van der Waals surface area contributed by atoms with Crippen molar-refractivity contribution in [1.29, 1.82) is 0 Å². The van der Waals surface area contributed by atoms with E-state index in [0.717, 1.165) is 36.5 Å². The second-order valence-electron chi connectivity index (χ2n) is 7.92. The maximum atomic E-state index is 12.8. The van der Waals surface area contributed by atoms with E-state index in [1.54, 1.807) is 4.68 Å². The van der Waals surface area contributed by atoms with Crippen LogP contribution in [-0.2, 0) is 11.0 Å². The summed E-state index contributed by atoms with van der Waals surface area (Å²) in [6, 6.07) is 8.27. The number of aromatic nitrogens is 4. The van der Waals surface area contributed by atoms with E-state index in [2.05, 4.69) is 20.4 Å². The van der Waals surface area contributed by atoms with Crippen LogP contribution in [0.2, 0.25) is 0 Å². The second-order valence-corrected chi connectivity index (χ2v) is 7.92. The Morgan fingerprint density at radius 2 is 1.81 bits per heavy atom. The smallest absolute Gasteiger partial charge is 0.356 e. The fourth-order valence-corrected chi connectivity index (χ4v) is 3.87. The lowest BCUT2D eigenvalue weighted by molar-refractivity contribution is -0.137. The van der Waals surface area contributed by atoms with Gasteiger partial charge in [-0.15, -0.1) is 0 Å². The molecule has 1 unspecified atom stereocenters. The molecule has 3 aromatic rings. The maximum absolute atomic E-state index is 12.8. The Balaban J connectivity index is 1.45. The number of alkyl halides is 3. The molecule has 1 aliphatic rings. The Bertz CT molecular complexity index is 1110. The summed E-state index contributed by atoms with van der Waals surface area (Å²) >= 11 is 0. The van der Waals surface area contributed by atoms with Gasteiger partial charge in [0.15, 0.2) is 5.82 Å². The van der Waals surface area contributed by atoms with E-state index in [9.17, 15) is 18.0 Å². The predicted molar refractivity (Wildman–Crippen MR) is 114 cm³/mol. The zero-order chi connectivity index (χ0) is 22.9. The van der Waals surface area contributed by atoms with Gasteiger partial charge in [-0.1, -0.05) is 0 Å². The first-order valence-electron chi connectivity index (χ1n) is 10.3. The summed E-state index contributed by atoms with van der Waals surface area (Å²) in [4.78, 5) is 23.5. The van der Waals surface area contributed by atoms with Crippen LogP contribution in [0.15, 0.2) is 42.7 Å². The number of aryl methyl sites for hydroxylation is 2. The average Bonchev–Trinajstić information content (AvgIpc) is 3.11. The third kappa shape index (κ3) is 4.74. The van der Waals surface area contributed by atoms with Crippen molar-refractivity contribution < 1.29 is 18.0 Å². The molecule has 4 rings (SSSR count). The number of benzene rings is 1. The number of anilines is 2. The Morgan fingerprint density at radius 3 is 2.47 bits per heavy atom. The largest absolute Gasteiger partial charge is 0.416 e. The Kier molecular flexibility index (Phi) is 5.86. The zero-order valence-electron chi connectivity index (χ0n) is 17.7. The van der Waals surface area contributed by atoms with E-state index in [-0.39, 0.29) is 11.8 Å². The molecule has 1 amide bonds. The second kappa shape index (κ2) is 8.60. The quantitative estimate of drug-likeness (QED) is 0.654. The number of rotatable bonds is 4. The molecular formula is C22H23F3N6O. The molecule has 32 heavy (non-hydrogen) atoms. The van der Waals surface area contributed by atoms with Crippen LogP contribution in [-0.4, -0.2) is 38.7 Å². The molecule has 0 radical (unpaired) electrons. The molecule has 3 heterocycles. The summed E-state index contributed by atoms with van der Waals surface area (Å²) < 4.78 is 39.9. The van der Waals surface area contributed by atoms with Crippen molar-refractivity contribution in [3.8, 4) is 5.82 Å². The molecule has 1 aliphatic heterocycles. The number of halogens is 3. The maximum Gasteiger partial charge on any atom is 0.416 e. The summed E-state index contributed by atoms with van der Waals surface area (Å²) in [5, 5.41) is 7.18. The number of nitrogens with one attached hydrogen (secondary N) is 1.